The molecule has 0 atom stereocenters. The highest BCUT2D eigenvalue weighted by Gasteiger charge is 2.14. The summed E-state index contributed by atoms with van der Waals surface area (Å²) in [6, 6.07) is 5.36. The second kappa shape index (κ2) is 7.38. The molecule has 0 radical (unpaired) electrons. The first kappa shape index (κ1) is 15.7. The third-order valence-corrected chi connectivity index (χ3v) is 4.17. The zero-order valence-corrected chi connectivity index (χ0v) is 13.2. The molecule has 2 rings (SSSR count). The smallest absolute Gasteiger partial charge is 0.292 e. The van der Waals surface area contributed by atoms with Gasteiger partial charge in [0.25, 0.3) is 5.69 Å². The van der Waals surface area contributed by atoms with Crippen LogP contribution >= 0.6 is 22.9 Å². The van der Waals surface area contributed by atoms with Gasteiger partial charge in [0.05, 0.1) is 11.5 Å². The van der Waals surface area contributed by atoms with Crippen LogP contribution in [0.2, 0.25) is 4.47 Å². The van der Waals surface area contributed by atoms with Crippen molar-refractivity contribution in [3.05, 3.63) is 49.4 Å². The van der Waals surface area contributed by atoms with Gasteiger partial charge in [0.2, 0.25) is 0 Å². The van der Waals surface area contributed by atoms with Crippen molar-refractivity contribution in [3.8, 4) is 0 Å². The summed E-state index contributed by atoms with van der Waals surface area (Å²) in [4.78, 5) is 15.7. The van der Waals surface area contributed by atoms with E-state index in [1.54, 1.807) is 18.3 Å². The van der Waals surface area contributed by atoms with Gasteiger partial charge in [0, 0.05) is 17.1 Å². The van der Waals surface area contributed by atoms with E-state index in [0.717, 1.165) is 29.7 Å². The van der Waals surface area contributed by atoms with Gasteiger partial charge in [-0.1, -0.05) is 31.0 Å². The fraction of sp³-hybridized carbons (Fsp3) is 0.357. The van der Waals surface area contributed by atoms with Crippen molar-refractivity contribution in [1.82, 2.24) is 4.98 Å². The topological polar surface area (TPSA) is 68.1 Å². The van der Waals surface area contributed by atoms with Crippen molar-refractivity contribution in [1.29, 1.82) is 0 Å². The molecule has 2 aromatic rings. The molecule has 0 aliphatic heterocycles. The zero-order valence-electron chi connectivity index (χ0n) is 11.6. The van der Waals surface area contributed by atoms with Crippen LogP contribution in [0.5, 0.6) is 0 Å². The normalized spacial score (nSPS) is 10.6. The number of nitro groups is 1. The van der Waals surface area contributed by atoms with Crippen molar-refractivity contribution in [2.24, 2.45) is 0 Å². The number of aromatic nitrogens is 1. The lowest BCUT2D eigenvalue weighted by atomic mass is 10.1. The lowest BCUT2D eigenvalue weighted by molar-refractivity contribution is -0.384. The zero-order chi connectivity index (χ0) is 15.2. The predicted molar refractivity (Wildman–Crippen MR) is 86.2 cm³/mol. The molecule has 0 bridgehead atoms. The summed E-state index contributed by atoms with van der Waals surface area (Å²) in [6.07, 6.45) is 4.63. The molecule has 1 N–H and O–H groups in total. The van der Waals surface area contributed by atoms with Crippen LogP contribution in [0.4, 0.5) is 11.4 Å². The molecular formula is C14H16ClN3O2S. The average Bonchev–Trinajstić information content (AvgIpc) is 2.88. The van der Waals surface area contributed by atoms with Crippen molar-refractivity contribution in [2.45, 2.75) is 32.7 Å². The van der Waals surface area contributed by atoms with Crippen LogP contribution in [0, 0.1) is 10.1 Å². The number of aryl methyl sites for hydroxylation is 1. The van der Waals surface area contributed by atoms with Crippen molar-refractivity contribution >= 4 is 34.3 Å². The van der Waals surface area contributed by atoms with Gasteiger partial charge >= 0.3 is 0 Å². The highest BCUT2D eigenvalue weighted by atomic mass is 35.5. The molecule has 0 aliphatic rings. The third kappa shape index (κ3) is 4.41. The van der Waals surface area contributed by atoms with Gasteiger partial charge in [-0.3, -0.25) is 10.1 Å². The van der Waals surface area contributed by atoms with Crippen molar-refractivity contribution < 1.29 is 4.92 Å². The van der Waals surface area contributed by atoms with E-state index in [9.17, 15) is 10.1 Å². The number of anilines is 1. The first-order valence-corrected chi connectivity index (χ1v) is 7.91. The Hall–Kier alpha value is -1.66. The van der Waals surface area contributed by atoms with E-state index in [-0.39, 0.29) is 10.6 Å². The number of unbranched alkanes of at least 4 members (excludes halogenated alkanes) is 1. The highest BCUT2D eigenvalue weighted by molar-refractivity contribution is 7.15. The Morgan fingerprint density at radius 2 is 2.29 bits per heavy atom. The van der Waals surface area contributed by atoms with E-state index < -0.39 is 0 Å². The summed E-state index contributed by atoms with van der Waals surface area (Å²) in [6.45, 7) is 2.57. The number of thiazole rings is 1. The number of hydrogen-bond acceptors (Lipinski definition) is 5. The minimum Gasteiger partial charge on any atom is -0.375 e. The Morgan fingerprint density at radius 3 is 2.90 bits per heavy atom. The maximum absolute atomic E-state index is 11.2. The summed E-state index contributed by atoms with van der Waals surface area (Å²) >= 11 is 7.12. The number of rotatable bonds is 7. The molecule has 0 aliphatic carbocycles. The van der Waals surface area contributed by atoms with Gasteiger partial charge in [0.1, 0.15) is 5.69 Å². The number of nitrogens with zero attached hydrogens (tertiary/aromatic N) is 2. The first-order chi connectivity index (χ1) is 10.1. The molecule has 0 fully saturated rings. The molecule has 21 heavy (non-hydrogen) atoms. The molecule has 7 heteroatoms. The van der Waals surface area contributed by atoms with Crippen LogP contribution in [0.25, 0.3) is 0 Å². The van der Waals surface area contributed by atoms with Gasteiger partial charge in [-0.15, -0.1) is 11.3 Å². The van der Waals surface area contributed by atoms with Gasteiger partial charge in [0.15, 0.2) is 4.47 Å². The molecular weight excluding hydrogens is 310 g/mol. The summed E-state index contributed by atoms with van der Waals surface area (Å²) in [5, 5.41) is 14.3. The molecule has 0 spiro atoms. The Morgan fingerprint density at radius 1 is 1.48 bits per heavy atom. The Bertz CT molecular complexity index is 630. The number of halogens is 1. The SMILES string of the molecule is CCCCc1ccc(NCc2cnc(Cl)s2)c([N+](=O)[O-])c1. The van der Waals surface area contributed by atoms with Crippen LogP contribution in [0.3, 0.4) is 0 Å². The van der Waals surface area contributed by atoms with E-state index >= 15 is 0 Å². The van der Waals surface area contributed by atoms with Gasteiger partial charge in [-0.2, -0.15) is 0 Å². The van der Waals surface area contributed by atoms with Crippen LogP contribution in [-0.2, 0) is 13.0 Å². The number of nitrogens with one attached hydrogen (secondary N) is 1. The Balaban J connectivity index is 2.12. The van der Waals surface area contributed by atoms with Gasteiger partial charge in [-0.25, -0.2) is 4.98 Å². The van der Waals surface area contributed by atoms with E-state index in [2.05, 4.69) is 17.2 Å². The molecule has 5 nitrogen and oxygen atoms in total. The van der Waals surface area contributed by atoms with Gasteiger partial charge in [-0.05, 0) is 24.5 Å². The second-order valence-corrected chi connectivity index (χ2v) is 6.34. The summed E-state index contributed by atoms with van der Waals surface area (Å²) in [5.41, 5.74) is 1.62. The molecule has 1 aromatic heterocycles. The predicted octanol–water partition coefficient (Wildman–Crippen LogP) is 4.66. The summed E-state index contributed by atoms with van der Waals surface area (Å²) in [7, 11) is 0. The third-order valence-electron chi connectivity index (χ3n) is 3.06. The maximum atomic E-state index is 11.2. The number of benzene rings is 1. The number of nitro benzene ring substituents is 1. The first-order valence-electron chi connectivity index (χ1n) is 6.71. The average molecular weight is 326 g/mol. The molecule has 1 heterocycles. The number of hydrogen-bond donors (Lipinski definition) is 1. The minimum atomic E-state index is -0.350. The van der Waals surface area contributed by atoms with E-state index in [0.29, 0.717) is 16.7 Å². The highest BCUT2D eigenvalue weighted by Crippen LogP contribution is 2.27. The van der Waals surface area contributed by atoms with Crippen LogP contribution in [0.15, 0.2) is 24.4 Å². The van der Waals surface area contributed by atoms with Gasteiger partial charge < -0.3 is 5.32 Å². The van der Waals surface area contributed by atoms with Crippen molar-refractivity contribution in [2.75, 3.05) is 5.32 Å². The largest absolute Gasteiger partial charge is 0.375 e. The standard InChI is InChI=1S/C14H16ClN3O2S/c1-2-3-4-10-5-6-12(13(7-10)18(19)20)16-8-11-9-17-14(15)21-11/h5-7,9,16H,2-4,8H2,1H3. The molecule has 0 unspecified atom stereocenters. The molecule has 0 saturated heterocycles. The van der Waals surface area contributed by atoms with E-state index in [1.807, 2.05) is 6.07 Å². The summed E-state index contributed by atoms with van der Waals surface area (Å²) in [5.74, 6) is 0. The summed E-state index contributed by atoms with van der Waals surface area (Å²) < 4.78 is 0.469. The Kier molecular flexibility index (Phi) is 5.52. The van der Waals surface area contributed by atoms with Crippen LogP contribution in [-0.4, -0.2) is 9.91 Å². The molecule has 1 aromatic carbocycles. The molecule has 112 valence electrons. The molecule has 0 saturated carbocycles. The van der Waals surface area contributed by atoms with Crippen molar-refractivity contribution in [3.63, 3.8) is 0 Å². The fourth-order valence-electron chi connectivity index (χ4n) is 1.96. The lowest BCUT2D eigenvalue weighted by Gasteiger charge is -2.07. The minimum absolute atomic E-state index is 0.110. The fourth-order valence-corrected chi connectivity index (χ4v) is 2.88. The second-order valence-electron chi connectivity index (χ2n) is 4.65. The van der Waals surface area contributed by atoms with Crippen LogP contribution in [0.1, 0.15) is 30.2 Å². The monoisotopic (exact) mass is 325 g/mol. The Labute approximate surface area is 132 Å². The maximum Gasteiger partial charge on any atom is 0.292 e. The quantitative estimate of drug-likeness (QED) is 0.594. The van der Waals surface area contributed by atoms with Crippen LogP contribution < -0.4 is 5.32 Å². The van der Waals surface area contributed by atoms with E-state index in [4.69, 9.17) is 11.6 Å². The lowest BCUT2D eigenvalue weighted by Crippen LogP contribution is -2.02. The molecule has 0 amide bonds. The van der Waals surface area contributed by atoms with E-state index in [1.165, 1.54) is 11.3 Å².